The molecule has 3 rings (SSSR count). The maximum atomic E-state index is 13.5. The quantitative estimate of drug-likeness (QED) is 0.657. The fourth-order valence-electron chi connectivity index (χ4n) is 2.89. The van der Waals surface area contributed by atoms with Gasteiger partial charge in [-0.1, -0.05) is 23.2 Å². The molecular weight excluding hydrogens is 432 g/mol. The van der Waals surface area contributed by atoms with Crippen LogP contribution in [-0.2, 0) is 17.3 Å². The number of rotatable bonds is 5. The van der Waals surface area contributed by atoms with Gasteiger partial charge in [-0.3, -0.25) is 15.6 Å². The third-order valence-electron chi connectivity index (χ3n) is 4.41. The number of carbonyl (C=O) groups excluding carboxylic acids is 1. The average molecular weight is 449 g/mol. The first-order valence-corrected chi connectivity index (χ1v) is 9.52. The van der Waals surface area contributed by atoms with Crippen LogP contribution < -0.4 is 10.9 Å². The van der Waals surface area contributed by atoms with E-state index >= 15 is 0 Å². The second-order valence-electron chi connectivity index (χ2n) is 6.51. The largest absolute Gasteiger partial charge is 0.434 e. The topological polar surface area (TPSA) is 76.1 Å². The summed E-state index contributed by atoms with van der Waals surface area (Å²) in [4.78, 5) is 19.9. The fraction of sp³-hybridized carbons (Fsp3) is 0.389. The summed E-state index contributed by atoms with van der Waals surface area (Å²) in [5.41, 5.74) is 2.95. The third-order valence-corrected chi connectivity index (χ3v) is 4.95. The molecule has 2 heterocycles. The van der Waals surface area contributed by atoms with Crippen LogP contribution >= 0.6 is 23.2 Å². The Balaban J connectivity index is 1.76. The molecule has 2 aromatic rings. The molecule has 0 atom stereocenters. The van der Waals surface area contributed by atoms with E-state index in [9.17, 15) is 18.0 Å². The Morgan fingerprint density at radius 1 is 1.24 bits per heavy atom. The number of ether oxygens (including phenoxy) is 1. The smallest absolute Gasteiger partial charge is 0.381 e. The van der Waals surface area contributed by atoms with Gasteiger partial charge in [-0.2, -0.15) is 13.2 Å². The molecule has 1 aliphatic heterocycles. The summed E-state index contributed by atoms with van der Waals surface area (Å²) in [5, 5.41) is 0.566. The van der Waals surface area contributed by atoms with Gasteiger partial charge in [-0.25, -0.2) is 9.97 Å². The predicted octanol–water partition coefficient (Wildman–Crippen LogP) is 4.53. The second-order valence-corrected chi connectivity index (χ2v) is 7.35. The number of halogens is 5. The zero-order valence-electron chi connectivity index (χ0n) is 15.0. The first-order chi connectivity index (χ1) is 13.7. The molecule has 0 radical (unpaired) electrons. The van der Waals surface area contributed by atoms with E-state index in [1.165, 1.54) is 18.2 Å². The lowest BCUT2D eigenvalue weighted by Gasteiger charge is -2.21. The highest BCUT2D eigenvalue weighted by molar-refractivity contribution is 6.36. The van der Waals surface area contributed by atoms with Crippen molar-refractivity contribution in [3.63, 3.8) is 0 Å². The minimum Gasteiger partial charge on any atom is -0.381 e. The summed E-state index contributed by atoms with van der Waals surface area (Å²) >= 11 is 11.7. The van der Waals surface area contributed by atoms with Crippen molar-refractivity contribution in [1.82, 2.24) is 15.4 Å². The molecule has 0 aliphatic carbocycles. The minimum absolute atomic E-state index is 0.0504. The van der Waals surface area contributed by atoms with E-state index in [-0.39, 0.29) is 22.5 Å². The Morgan fingerprint density at radius 3 is 2.62 bits per heavy atom. The van der Waals surface area contributed by atoms with Crippen molar-refractivity contribution < 1.29 is 22.7 Å². The van der Waals surface area contributed by atoms with Crippen LogP contribution in [0, 0.1) is 5.92 Å². The molecular formula is C18H17Cl2F3N4O2. The lowest BCUT2D eigenvalue weighted by molar-refractivity contribution is -0.141. The highest BCUT2D eigenvalue weighted by Crippen LogP contribution is 2.31. The molecule has 0 saturated carbocycles. The number of amides is 1. The van der Waals surface area contributed by atoms with Gasteiger partial charge in [0.1, 0.15) is 5.82 Å². The summed E-state index contributed by atoms with van der Waals surface area (Å²) in [6, 6.07) is 4.41. The lowest BCUT2D eigenvalue weighted by atomic mass is 9.96. The third kappa shape index (κ3) is 5.71. The van der Waals surface area contributed by atoms with Gasteiger partial charge in [0, 0.05) is 30.9 Å². The van der Waals surface area contributed by atoms with Crippen LogP contribution in [0.5, 0.6) is 0 Å². The Bertz CT molecular complexity index is 890. The monoisotopic (exact) mass is 448 g/mol. The van der Waals surface area contributed by atoms with Gasteiger partial charge in [0.15, 0.2) is 5.69 Å². The van der Waals surface area contributed by atoms with Crippen LogP contribution in [0.25, 0.3) is 0 Å². The van der Waals surface area contributed by atoms with Crippen LogP contribution in [0.2, 0.25) is 10.0 Å². The minimum atomic E-state index is -4.81. The Morgan fingerprint density at radius 2 is 1.97 bits per heavy atom. The number of nitrogens with zero attached hydrogens (tertiary/aromatic N) is 2. The molecule has 1 fully saturated rings. The van der Waals surface area contributed by atoms with Gasteiger partial charge in [-0.05, 0) is 37.0 Å². The Labute approximate surface area is 174 Å². The van der Waals surface area contributed by atoms with Crippen molar-refractivity contribution >= 4 is 34.8 Å². The van der Waals surface area contributed by atoms with E-state index in [4.69, 9.17) is 27.9 Å². The van der Waals surface area contributed by atoms with Crippen LogP contribution in [0.15, 0.2) is 24.4 Å². The van der Waals surface area contributed by atoms with E-state index < -0.39 is 23.3 Å². The van der Waals surface area contributed by atoms with Crippen molar-refractivity contribution in [3.8, 4) is 0 Å². The van der Waals surface area contributed by atoms with Gasteiger partial charge >= 0.3 is 6.18 Å². The molecule has 1 amide bonds. The predicted molar refractivity (Wildman–Crippen MR) is 102 cm³/mol. The SMILES string of the molecule is O=C(NNc1ccc(Cl)cc1Cl)c1cnc(CC2CCOCC2)nc1C(F)(F)F. The molecule has 2 N–H and O–H groups in total. The van der Waals surface area contributed by atoms with E-state index in [0.717, 1.165) is 19.0 Å². The second kappa shape index (κ2) is 9.15. The number of carbonyl (C=O) groups is 1. The maximum Gasteiger partial charge on any atom is 0.434 e. The molecule has 0 unspecified atom stereocenters. The number of hydrogen-bond acceptors (Lipinski definition) is 5. The van der Waals surface area contributed by atoms with E-state index in [2.05, 4.69) is 20.8 Å². The van der Waals surface area contributed by atoms with Crippen molar-refractivity contribution in [1.29, 1.82) is 0 Å². The summed E-state index contributed by atoms with van der Waals surface area (Å²) in [7, 11) is 0. The summed E-state index contributed by atoms with van der Waals surface area (Å²) in [6.07, 6.45) is -2.15. The van der Waals surface area contributed by atoms with Crippen LogP contribution in [-0.4, -0.2) is 29.1 Å². The standard InChI is InChI=1S/C18H17Cl2F3N4O2/c19-11-1-2-14(13(20)8-11)26-27-17(28)12-9-24-15(25-16(12)18(21,22)23)7-10-3-5-29-6-4-10/h1-2,8-10,26H,3-7H2,(H,27,28). The summed E-state index contributed by atoms with van der Waals surface area (Å²) < 4.78 is 45.7. The van der Waals surface area contributed by atoms with Crippen LogP contribution in [0.3, 0.4) is 0 Å². The molecule has 11 heteroatoms. The molecule has 156 valence electrons. The number of aromatic nitrogens is 2. The number of hydrogen-bond donors (Lipinski definition) is 2. The fourth-order valence-corrected chi connectivity index (χ4v) is 3.35. The normalized spacial score (nSPS) is 15.2. The Kier molecular flexibility index (Phi) is 6.81. The average Bonchev–Trinajstić information content (AvgIpc) is 2.67. The number of benzene rings is 1. The van der Waals surface area contributed by atoms with Crippen molar-refractivity contribution in [2.75, 3.05) is 18.6 Å². The Hall–Kier alpha value is -2.10. The molecule has 0 spiro atoms. The van der Waals surface area contributed by atoms with E-state index in [1.54, 1.807) is 0 Å². The van der Waals surface area contributed by atoms with E-state index in [1.807, 2.05) is 0 Å². The number of hydrazine groups is 1. The van der Waals surface area contributed by atoms with Crippen molar-refractivity contribution in [3.05, 3.63) is 51.5 Å². The first kappa shape index (κ1) is 21.6. The van der Waals surface area contributed by atoms with Gasteiger partial charge in [0.25, 0.3) is 5.91 Å². The lowest BCUT2D eigenvalue weighted by Crippen LogP contribution is -2.32. The van der Waals surface area contributed by atoms with Crippen LogP contribution in [0.4, 0.5) is 18.9 Å². The van der Waals surface area contributed by atoms with Gasteiger partial charge in [0.2, 0.25) is 0 Å². The highest BCUT2D eigenvalue weighted by Gasteiger charge is 2.38. The zero-order valence-corrected chi connectivity index (χ0v) is 16.5. The zero-order chi connectivity index (χ0) is 21.0. The summed E-state index contributed by atoms with van der Waals surface area (Å²) in [6.45, 7) is 1.13. The van der Waals surface area contributed by atoms with Crippen molar-refractivity contribution in [2.24, 2.45) is 5.92 Å². The molecule has 1 aromatic heterocycles. The number of nitrogens with one attached hydrogen (secondary N) is 2. The molecule has 1 aromatic carbocycles. The number of alkyl halides is 3. The molecule has 1 saturated heterocycles. The highest BCUT2D eigenvalue weighted by atomic mass is 35.5. The number of anilines is 1. The molecule has 29 heavy (non-hydrogen) atoms. The molecule has 6 nitrogen and oxygen atoms in total. The maximum absolute atomic E-state index is 13.5. The van der Waals surface area contributed by atoms with Gasteiger partial charge in [-0.15, -0.1) is 0 Å². The molecule has 0 bridgehead atoms. The van der Waals surface area contributed by atoms with Crippen LogP contribution in [0.1, 0.15) is 34.7 Å². The van der Waals surface area contributed by atoms with Gasteiger partial charge < -0.3 is 4.74 Å². The summed E-state index contributed by atoms with van der Waals surface area (Å²) in [5.74, 6) is -0.839. The molecule has 1 aliphatic rings. The van der Waals surface area contributed by atoms with Crippen molar-refractivity contribution in [2.45, 2.75) is 25.4 Å². The first-order valence-electron chi connectivity index (χ1n) is 8.76. The van der Waals surface area contributed by atoms with Gasteiger partial charge in [0.05, 0.1) is 16.3 Å². The van der Waals surface area contributed by atoms with E-state index in [0.29, 0.717) is 24.7 Å².